The van der Waals surface area contributed by atoms with Gasteiger partial charge in [-0.15, -0.1) is 0 Å². The monoisotopic (exact) mass is 329 g/mol. The van der Waals surface area contributed by atoms with E-state index in [2.05, 4.69) is 15.5 Å². The first kappa shape index (κ1) is 16.0. The van der Waals surface area contributed by atoms with Crippen LogP contribution in [0.1, 0.15) is 41.7 Å². The summed E-state index contributed by atoms with van der Waals surface area (Å²) in [6.45, 7) is 2.61. The lowest BCUT2D eigenvalue weighted by molar-refractivity contribution is -0.116. The Morgan fingerprint density at radius 2 is 2.25 bits per heavy atom. The first-order valence-electron chi connectivity index (χ1n) is 7.91. The second kappa shape index (κ2) is 7.16. The molecule has 1 unspecified atom stereocenters. The number of para-hydroxylation sites is 1. The Morgan fingerprint density at radius 1 is 1.42 bits per heavy atom. The zero-order valence-electron chi connectivity index (χ0n) is 13.4. The van der Waals surface area contributed by atoms with Crippen LogP contribution >= 0.6 is 0 Å². The first-order valence-corrected chi connectivity index (χ1v) is 7.91. The highest BCUT2D eigenvalue weighted by atomic mass is 16.5. The van der Waals surface area contributed by atoms with Crippen LogP contribution in [0.4, 0.5) is 5.82 Å². The molecule has 1 amide bonds. The summed E-state index contributed by atoms with van der Waals surface area (Å²) in [7, 11) is 0. The molecule has 0 aliphatic carbocycles. The highest BCUT2D eigenvalue weighted by Crippen LogP contribution is 2.35. The molecule has 2 N–H and O–H groups in total. The van der Waals surface area contributed by atoms with Gasteiger partial charge in [0.05, 0.1) is 13.2 Å². The zero-order valence-corrected chi connectivity index (χ0v) is 13.4. The number of carbonyl (C=O) groups excluding carboxylic acids is 2. The van der Waals surface area contributed by atoms with Crippen molar-refractivity contribution in [3.05, 3.63) is 41.6 Å². The van der Waals surface area contributed by atoms with E-state index in [1.165, 1.54) is 6.07 Å². The van der Waals surface area contributed by atoms with E-state index in [1.54, 1.807) is 6.92 Å². The fourth-order valence-corrected chi connectivity index (χ4v) is 2.74. The molecular weight excluding hydrogens is 310 g/mol. The molecule has 7 heteroatoms. The number of H-pyrrole nitrogens is 1. The Kier molecular flexibility index (Phi) is 4.79. The van der Waals surface area contributed by atoms with Crippen molar-refractivity contribution in [3.63, 3.8) is 0 Å². The summed E-state index contributed by atoms with van der Waals surface area (Å²) in [5.74, 6) is 0.607. The zero-order chi connectivity index (χ0) is 16.9. The van der Waals surface area contributed by atoms with Crippen LogP contribution in [0.2, 0.25) is 0 Å². The number of nitrogens with one attached hydrogen (secondary N) is 2. The Morgan fingerprint density at radius 3 is 3.08 bits per heavy atom. The largest absolute Gasteiger partial charge is 0.493 e. The number of rotatable bonds is 5. The van der Waals surface area contributed by atoms with E-state index in [1.807, 2.05) is 24.3 Å². The van der Waals surface area contributed by atoms with Crippen molar-refractivity contribution in [1.82, 2.24) is 10.2 Å². The molecule has 1 aliphatic heterocycles. The summed E-state index contributed by atoms with van der Waals surface area (Å²) in [5.41, 5.74) is 1.26. The summed E-state index contributed by atoms with van der Waals surface area (Å²) >= 11 is 0. The van der Waals surface area contributed by atoms with Gasteiger partial charge < -0.3 is 14.8 Å². The lowest BCUT2D eigenvalue weighted by atomic mass is 9.90. The highest BCUT2D eigenvalue weighted by Gasteiger charge is 2.24. The first-order chi connectivity index (χ1) is 11.7. The van der Waals surface area contributed by atoms with Crippen molar-refractivity contribution in [2.75, 3.05) is 18.5 Å². The van der Waals surface area contributed by atoms with Gasteiger partial charge in [-0.3, -0.25) is 9.89 Å². The van der Waals surface area contributed by atoms with Gasteiger partial charge in [-0.05, 0) is 30.9 Å². The molecule has 24 heavy (non-hydrogen) atoms. The molecule has 1 aromatic heterocycles. The van der Waals surface area contributed by atoms with Crippen molar-refractivity contribution in [2.24, 2.45) is 0 Å². The van der Waals surface area contributed by atoms with Gasteiger partial charge in [0.15, 0.2) is 5.82 Å². The van der Waals surface area contributed by atoms with Crippen LogP contribution in [0.3, 0.4) is 0 Å². The quantitative estimate of drug-likeness (QED) is 0.822. The number of anilines is 1. The molecule has 1 aromatic carbocycles. The normalized spacial score (nSPS) is 16.0. The van der Waals surface area contributed by atoms with E-state index in [9.17, 15) is 9.59 Å². The minimum atomic E-state index is -0.496. The fourth-order valence-electron chi connectivity index (χ4n) is 2.74. The second-order valence-electron chi connectivity index (χ2n) is 5.51. The van der Waals surface area contributed by atoms with Crippen LogP contribution in [0.25, 0.3) is 0 Å². The van der Waals surface area contributed by atoms with Crippen LogP contribution in [0, 0.1) is 0 Å². The maximum atomic E-state index is 12.3. The van der Waals surface area contributed by atoms with Gasteiger partial charge in [-0.2, -0.15) is 5.10 Å². The van der Waals surface area contributed by atoms with E-state index in [0.29, 0.717) is 18.8 Å². The number of hydrogen-bond acceptors (Lipinski definition) is 5. The number of esters is 1. The number of hydrogen-bond donors (Lipinski definition) is 2. The standard InChI is InChI=1S/C17H19N3O4/c1-2-23-17(22)13-10-15(20-19-13)18-16(21)9-11-7-8-24-14-6-4-3-5-12(11)14/h3-6,10-11H,2,7-9H2,1H3,(H2,18,19,20,21). The lowest BCUT2D eigenvalue weighted by Crippen LogP contribution is -2.20. The van der Waals surface area contributed by atoms with Crippen molar-refractivity contribution in [2.45, 2.75) is 25.7 Å². The number of benzene rings is 1. The Balaban J connectivity index is 1.62. The third-order valence-electron chi connectivity index (χ3n) is 3.86. The minimum absolute atomic E-state index is 0.110. The predicted molar refractivity (Wildman–Crippen MR) is 87.1 cm³/mol. The number of aromatic amines is 1. The number of amides is 1. The van der Waals surface area contributed by atoms with Crippen LogP contribution in [0.5, 0.6) is 5.75 Å². The summed E-state index contributed by atoms with van der Waals surface area (Å²) in [4.78, 5) is 23.9. The van der Waals surface area contributed by atoms with Gasteiger partial charge in [-0.25, -0.2) is 4.79 Å². The maximum Gasteiger partial charge on any atom is 0.356 e. The molecule has 0 saturated heterocycles. The Bertz CT molecular complexity index is 741. The summed E-state index contributed by atoms with van der Waals surface area (Å²) in [5, 5.41) is 9.18. The number of ether oxygens (including phenoxy) is 2. The molecule has 7 nitrogen and oxygen atoms in total. The van der Waals surface area contributed by atoms with E-state index in [0.717, 1.165) is 17.7 Å². The molecule has 0 saturated carbocycles. The van der Waals surface area contributed by atoms with Gasteiger partial charge in [0.25, 0.3) is 0 Å². The second-order valence-corrected chi connectivity index (χ2v) is 5.51. The average Bonchev–Trinajstić information content (AvgIpc) is 3.04. The van der Waals surface area contributed by atoms with Crippen LogP contribution in [-0.4, -0.2) is 35.3 Å². The third-order valence-corrected chi connectivity index (χ3v) is 3.86. The fraction of sp³-hybridized carbons (Fsp3) is 0.353. The minimum Gasteiger partial charge on any atom is -0.493 e. The van der Waals surface area contributed by atoms with Gasteiger partial charge in [0.2, 0.25) is 5.91 Å². The third kappa shape index (κ3) is 3.56. The molecule has 3 rings (SSSR count). The number of carbonyl (C=O) groups is 2. The molecule has 0 bridgehead atoms. The molecule has 0 fully saturated rings. The number of fused-ring (bicyclic) bond motifs is 1. The smallest absolute Gasteiger partial charge is 0.356 e. The molecule has 126 valence electrons. The predicted octanol–water partition coefficient (Wildman–Crippen LogP) is 2.48. The van der Waals surface area contributed by atoms with E-state index < -0.39 is 5.97 Å². The van der Waals surface area contributed by atoms with Gasteiger partial charge in [-0.1, -0.05) is 18.2 Å². The van der Waals surface area contributed by atoms with Crippen LogP contribution < -0.4 is 10.1 Å². The van der Waals surface area contributed by atoms with Gasteiger partial charge >= 0.3 is 5.97 Å². The Hall–Kier alpha value is -2.83. The molecular formula is C17H19N3O4. The molecule has 1 atom stereocenters. The van der Waals surface area contributed by atoms with E-state index in [4.69, 9.17) is 9.47 Å². The summed E-state index contributed by atoms with van der Waals surface area (Å²) in [6, 6.07) is 9.23. The van der Waals surface area contributed by atoms with E-state index in [-0.39, 0.29) is 24.1 Å². The molecule has 2 aromatic rings. The molecule has 2 heterocycles. The summed E-state index contributed by atoms with van der Waals surface area (Å²) in [6.07, 6.45) is 1.13. The van der Waals surface area contributed by atoms with Gasteiger partial charge in [0, 0.05) is 12.5 Å². The van der Waals surface area contributed by atoms with Crippen molar-refractivity contribution >= 4 is 17.7 Å². The maximum absolute atomic E-state index is 12.3. The topological polar surface area (TPSA) is 93.3 Å². The highest BCUT2D eigenvalue weighted by molar-refractivity contribution is 5.93. The van der Waals surface area contributed by atoms with Crippen molar-refractivity contribution in [3.8, 4) is 5.75 Å². The summed E-state index contributed by atoms with van der Waals surface area (Å²) < 4.78 is 10.5. The van der Waals surface area contributed by atoms with Crippen LogP contribution in [0.15, 0.2) is 30.3 Å². The lowest BCUT2D eigenvalue weighted by Gasteiger charge is -2.25. The molecule has 0 radical (unpaired) electrons. The van der Waals surface area contributed by atoms with Crippen molar-refractivity contribution in [1.29, 1.82) is 0 Å². The number of aromatic nitrogens is 2. The average molecular weight is 329 g/mol. The van der Waals surface area contributed by atoms with Gasteiger partial charge in [0.1, 0.15) is 11.4 Å². The number of nitrogens with zero attached hydrogens (tertiary/aromatic N) is 1. The van der Waals surface area contributed by atoms with E-state index >= 15 is 0 Å². The van der Waals surface area contributed by atoms with Crippen molar-refractivity contribution < 1.29 is 19.1 Å². The van der Waals surface area contributed by atoms with Crippen LogP contribution in [-0.2, 0) is 9.53 Å². The SMILES string of the molecule is CCOC(=O)c1cc(NC(=O)CC2CCOc3ccccc32)n[nH]1. The molecule has 1 aliphatic rings. The molecule has 0 spiro atoms. The Labute approximate surface area is 139 Å².